The second kappa shape index (κ2) is 6.24. The molecule has 0 aliphatic heterocycles. The molecule has 0 atom stereocenters. The van der Waals surface area contributed by atoms with E-state index in [2.05, 4.69) is 5.32 Å². The molecule has 0 radical (unpaired) electrons. The molecule has 0 aromatic heterocycles. The third kappa shape index (κ3) is 3.38. The lowest BCUT2D eigenvalue weighted by molar-refractivity contribution is 0.102. The standard InChI is InChI=1S/C17H19NO2/c1-12(2)20-16-11-7-5-9-14(16)17(19)18-15-10-6-4-8-13(15)3/h4-12H,1-3H3,(H,18,19). The van der Waals surface area contributed by atoms with Crippen LogP contribution in [0, 0.1) is 6.92 Å². The van der Waals surface area contributed by atoms with E-state index in [9.17, 15) is 4.79 Å². The van der Waals surface area contributed by atoms with Crippen molar-refractivity contribution >= 4 is 11.6 Å². The second-order valence-electron chi connectivity index (χ2n) is 4.93. The molecule has 2 aromatic carbocycles. The Labute approximate surface area is 119 Å². The van der Waals surface area contributed by atoms with Gasteiger partial charge in [-0.05, 0) is 44.5 Å². The molecule has 0 unspecified atom stereocenters. The third-order valence-corrected chi connectivity index (χ3v) is 2.89. The van der Waals surface area contributed by atoms with Crippen molar-refractivity contribution in [3.8, 4) is 5.75 Å². The van der Waals surface area contributed by atoms with Gasteiger partial charge < -0.3 is 10.1 Å². The van der Waals surface area contributed by atoms with Crippen molar-refractivity contribution in [3.05, 3.63) is 59.7 Å². The molecule has 104 valence electrons. The zero-order valence-corrected chi connectivity index (χ0v) is 12.0. The van der Waals surface area contributed by atoms with Gasteiger partial charge in [-0.1, -0.05) is 30.3 Å². The van der Waals surface area contributed by atoms with Crippen LogP contribution in [0.4, 0.5) is 5.69 Å². The van der Waals surface area contributed by atoms with E-state index in [1.807, 2.05) is 63.2 Å². The van der Waals surface area contributed by atoms with E-state index >= 15 is 0 Å². The minimum atomic E-state index is -0.157. The minimum Gasteiger partial charge on any atom is -0.490 e. The summed E-state index contributed by atoms with van der Waals surface area (Å²) in [4.78, 5) is 12.4. The average Bonchev–Trinajstić information content (AvgIpc) is 2.41. The van der Waals surface area contributed by atoms with Gasteiger partial charge in [-0.25, -0.2) is 0 Å². The predicted molar refractivity (Wildman–Crippen MR) is 81.3 cm³/mol. The molecule has 2 rings (SSSR count). The number of carbonyl (C=O) groups excluding carboxylic acids is 1. The number of ether oxygens (including phenoxy) is 1. The largest absolute Gasteiger partial charge is 0.490 e. The molecule has 0 aliphatic carbocycles. The second-order valence-corrected chi connectivity index (χ2v) is 4.93. The maximum Gasteiger partial charge on any atom is 0.259 e. The van der Waals surface area contributed by atoms with Gasteiger partial charge in [0.05, 0.1) is 11.7 Å². The van der Waals surface area contributed by atoms with E-state index in [0.717, 1.165) is 11.3 Å². The summed E-state index contributed by atoms with van der Waals surface area (Å²) in [5.41, 5.74) is 2.39. The van der Waals surface area contributed by atoms with Crippen LogP contribution in [0.5, 0.6) is 5.75 Å². The number of anilines is 1. The third-order valence-electron chi connectivity index (χ3n) is 2.89. The van der Waals surface area contributed by atoms with E-state index in [1.54, 1.807) is 6.07 Å². The summed E-state index contributed by atoms with van der Waals surface area (Å²) in [6.07, 6.45) is 0.0300. The quantitative estimate of drug-likeness (QED) is 0.909. The van der Waals surface area contributed by atoms with Gasteiger partial charge in [-0.3, -0.25) is 4.79 Å². The molecule has 3 nitrogen and oxygen atoms in total. The van der Waals surface area contributed by atoms with Gasteiger partial charge in [-0.15, -0.1) is 0 Å². The lowest BCUT2D eigenvalue weighted by atomic mass is 10.1. The number of carbonyl (C=O) groups is 1. The van der Waals surface area contributed by atoms with E-state index < -0.39 is 0 Å². The SMILES string of the molecule is Cc1ccccc1NC(=O)c1ccccc1OC(C)C. The molecular formula is C17H19NO2. The molecule has 0 aliphatic rings. The summed E-state index contributed by atoms with van der Waals surface area (Å²) >= 11 is 0. The first-order valence-electron chi connectivity index (χ1n) is 6.70. The lowest BCUT2D eigenvalue weighted by Gasteiger charge is -2.14. The first-order chi connectivity index (χ1) is 9.58. The molecule has 0 bridgehead atoms. The molecule has 3 heteroatoms. The maximum absolute atomic E-state index is 12.4. The van der Waals surface area contributed by atoms with Crippen molar-refractivity contribution in [2.45, 2.75) is 26.9 Å². The van der Waals surface area contributed by atoms with Gasteiger partial charge in [0, 0.05) is 5.69 Å². The van der Waals surface area contributed by atoms with Gasteiger partial charge in [0.25, 0.3) is 5.91 Å². The van der Waals surface area contributed by atoms with Crippen LogP contribution >= 0.6 is 0 Å². The summed E-state index contributed by atoms with van der Waals surface area (Å²) in [6.45, 7) is 5.85. The first kappa shape index (κ1) is 14.1. The van der Waals surface area contributed by atoms with E-state index in [1.165, 1.54) is 0 Å². The summed E-state index contributed by atoms with van der Waals surface area (Å²) in [6, 6.07) is 15.0. The first-order valence-corrected chi connectivity index (χ1v) is 6.70. The van der Waals surface area contributed by atoms with Crippen LogP contribution in [0.3, 0.4) is 0 Å². The molecule has 0 saturated heterocycles. The Morgan fingerprint density at radius 3 is 2.40 bits per heavy atom. The highest BCUT2D eigenvalue weighted by Crippen LogP contribution is 2.22. The fraction of sp³-hybridized carbons (Fsp3) is 0.235. The summed E-state index contributed by atoms with van der Waals surface area (Å²) in [7, 11) is 0. The summed E-state index contributed by atoms with van der Waals surface area (Å²) < 4.78 is 5.67. The van der Waals surface area contributed by atoms with Crippen LogP contribution < -0.4 is 10.1 Å². The number of hydrogen-bond donors (Lipinski definition) is 1. The van der Waals surface area contributed by atoms with Crippen molar-refractivity contribution in [1.82, 2.24) is 0 Å². The Morgan fingerprint density at radius 1 is 1.05 bits per heavy atom. The number of aryl methyl sites for hydroxylation is 1. The Bertz CT molecular complexity index is 605. The fourth-order valence-electron chi connectivity index (χ4n) is 1.91. The molecule has 0 spiro atoms. The maximum atomic E-state index is 12.4. The number of benzene rings is 2. The molecule has 0 saturated carbocycles. The van der Waals surface area contributed by atoms with Gasteiger partial charge in [0.1, 0.15) is 5.75 Å². The van der Waals surface area contributed by atoms with Gasteiger partial charge in [0.2, 0.25) is 0 Å². The molecule has 0 heterocycles. The van der Waals surface area contributed by atoms with Crippen molar-refractivity contribution in [1.29, 1.82) is 0 Å². The van der Waals surface area contributed by atoms with Crippen molar-refractivity contribution in [3.63, 3.8) is 0 Å². The molecule has 0 fully saturated rings. The van der Waals surface area contributed by atoms with E-state index in [0.29, 0.717) is 11.3 Å². The zero-order chi connectivity index (χ0) is 14.5. The number of rotatable bonds is 4. The highest BCUT2D eigenvalue weighted by Gasteiger charge is 2.13. The zero-order valence-electron chi connectivity index (χ0n) is 12.0. The van der Waals surface area contributed by atoms with Gasteiger partial charge in [0.15, 0.2) is 0 Å². The van der Waals surface area contributed by atoms with Crippen LogP contribution in [0.2, 0.25) is 0 Å². The molecule has 2 aromatic rings. The van der Waals surface area contributed by atoms with Crippen LogP contribution in [0.15, 0.2) is 48.5 Å². The Kier molecular flexibility index (Phi) is 4.41. The Hall–Kier alpha value is -2.29. The molecule has 20 heavy (non-hydrogen) atoms. The van der Waals surface area contributed by atoms with Crippen molar-refractivity contribution in [2.75, 3.05) is 5.32 Å². The average molecular weight is 269 g/mol. The van der Waals surface area contributed by atoms with Crippen LogP contribution in [0.25, 0.3) is 0 Å². The topological polar surface area (TPSA) is 38.3 Å². The number of hydrogen-bond acceptors (Lipinski definition) is 2. The number of amides is 1. The number of nitrogens with one attached hydrogen (secondary N) is 1. The lowest BCUT2D eigenvalue weighted by Crippen LogP contribution is -2.16. The Balaban J connectivity index is 2.23. The number of para-hydroxylation sites is 2. The fourth-order valence-corrected chi connectivity index (χ4v) is 1.91. The summed E-state index contributed by atoms with van der Waals surface area (Å²) in [5, 5.41) is 2.92. The molecular weight excluding hydrogens is 250 g/mol. The minimum absolute atomic E-state index is 0.0300. The van der Waals surface area contributed by atoms with Crippen LogP contribution in [-0.4, -0.2) is 12.0 Å². The van der Waals surface area contributed by atoms with E-state index in [-0.39, 0.29) is 12.0 Å². The normalized spacial score (nSPS) is 10.4. The van der Waals surface area contributed by atoms with E-state index in [4.69, 9.17) is 4.74 Å². The predicted octanol–water partition coefficient (Wildman–Crippen LogP) is 4.03. The summed E-state index contributed by atoms with van der Waals surface area (Å²) in [5.74, 6) is 0.448. The van der Waals surface area contributed by atoms with Crippen LogP contribution in [-0.2, 0) is 0 Å². The van der Waals surface area contributed by atoms with Crippen molar-refractivity contribution < 1.29 is 9.53 Å². The smallest absolute Gasteiger partial charge is 0.259 e. The van der Waals surface area contributed by atoms with Gasteiger partial charge >= 0.3 is 0 Å². The van der Waals surface area contributed by atoms with Crippen LogP contribution in [0.1, 0.15) is 29.8 Å². The van der Waals surface area contributed by atoms with Gasteiger partial charge in [-0.2, -0.15) is 0 Å². The highest BCUT2D eigenvalue weighted by atomic mass is 16.5. The Morgan fingerprint density at radius 2 is 1.70 bits per heavy atom. The molecule has 1 amide bonds. The monoisotopic (exact) mass is 269 g/mol. The molecule has 1 N–H and O–H groups in total. The van der Waals surface area contributed by atoms with Crippen molar-refractivity contribution in [2.24, 2.45) is 0 Å². The highest BCUT2D eigenvalue weighted by molar-refractivity contribution is 6.06.